The van der Waals surface area contributed by atoms with E-state index in [1.165, 1.54) is 7.05 Å². The molecule has 2 aromatic rings. The van der Waals surface area contributed by atoms with Gasteiger partial charge >= 0.3 is 0 Å². The molecule has 0 saturated carbocycles. The Kier molecular flexibility index (Phi) is 5.84. The van der Waals surface area contributed by atoms with E-state index in [-0.39, 0.29) is 4.90 Å². The van der Waals surface area contributed by atoms with Crippen molar-refractivity contribution in [1.29, 1.82) is 0 Å². The van der Waals surface area contributed by atoms with Crippen LogP contribution in [0.15, 0.2) is 53.4 Å². The van der Waals surface area contributed by atoms with Crippen LogP contribution in [0.4, 0.5) is 10.1 Å². The number of hydrogen-bond donors (Lipinski definition) is 3. The molecule has 0 bridgehead atoms. The van der Waals surface area contributed by atoms with Crippen LogP contribution in [0.5, 0.6) is 0 Å². The average molecular weight is 365 g/mol. The minimum Gasteiger partial charge on any atom is -0.343 e. The largest absolute Gasteiger partial charge is 0.343 e. The van der Waals surface area contributed by atoms with Crippen LogP contribution in [0.25, 0.3) is 0 Å². The summed E-state index contributed by atoms with van der Waals surface area (Å²) in [7, 11) is -2.62. The average Bonchev–Trinajstić information content (AvgIpc) is 2.60. The molecule has 2 aromatic carbocycles. The van der Waals surface area contributed by atoms with Crippen molar-refractivity contribution in [3.63, 3.8) is 0 Å². The third kappa shape index (κ3) is 4.85. The molecule has 0 fully saturated rings. The van der Waals surface area contributed by atoms with Crippen LogP contribution in [0.1, 0.15) is 10.4 Å². The first-order valence-electron chi connectivity index (χ1n) is 7.19. The second kappa shape index (κ2) is 7.86. The Hall–Kier alpha value is -2.78. The van der Waals surface area contributed by atoms with Gasteiger partial charge in [0.25, 0.3) is 5.91 Å². The van der Waals surface area contributed by atoms with Crippen molar-refractivity contribution in [2.75, 3.05) is 18.9 Å². The molecule has 9 heteroatoms. The molecule has 0 aliphatic rings. The van der Waals surface area contributed by atoms with Gasteiger partial charge in [-0.3, -0.25) is 9.59 Å². The van der Waals surface area contributed by atoms with Crippen molar-refractivity contribution in [3.8, 4) is 0 Å². The summed E-state index contributed by atoms with van der Waals surface area (Å²) in [6, 6.07) is 11.4. The number of rotatable bonds is 6. The first-order valence-corrected chi connectivity index (χ1v) is 8.68. The van der Waals surface area contributed by atoms with Crippen molar-refractivity contribution in [3.05, 3.63) is 59.9 Å². The third-order valence-corrected chi connectivity index (χ3v) is 4.64. The van der Waals surface area contributed by atoms with Gasteiger partial charge in [0.15, 0.2) is 0 Å². The summed E-state index contributed by atoms with van der Waals surface area (Å²) in [5.74, 6) is -2.29. The molecule has 3 N–H and O–H groups in total. The van der Waals surface area contributed by atoms with E-state index in [0.29, 0.717) is 5.69 Å². The highest BCUT2D eigenvalue weighted by Crippen LogP contribution is 2.15. The Morgan fingerprint density at radius 3 is 2.40 bits per heavy atom. The van der Waals surface area contributed by atoms with E-state index in [1.807, 2.05) is 0 Å². The van der Waals surface area contributed by atoms with E-state index < -0.39 is 39.8 Å². The SMILES string of the molecule is CNS(=O)(=O)c1ccc(F)c(C(=O)NCC(=O)Nc2ccccc2)c1. The van der Waals surface area contributed by atoms with Gasteiger partial charge in [0, 0.05) is 5.69 Å². The molecule has 0 spiro atoms. The first-order chi connectivity index (χ1) is 11.8. The molecule has 0 aliphatic heterocycles. The Balaban J connectivity index is 2.05. The van der Waals surface area contributed by atoms with E-state index in [0.717, 1.165) is 18.2 Å². The molecule has 7 nitrogen and oxygen atoms in total. The van der Waals surface area contributed by atoms with Gasteiger partial charge in [-0.1, -0.05) is 18.2 Å². The van der Waals surface area contributed by atoms with E-state index in [1.54, 1.807) is 30.3 Å². The second-order valence-electron chi connectivity index (χ2n) is 4.95. The zero-order valence-electron chi connectivity index (χ0n) is 13.2. The topological polar surface area (TPSA) is 104 Å². The number of carbonyl (C=O) groups is 2. The van der Waals surface area contributed by atoms with Crippen molar-refractivity contribution in [2.24, 2.45) is 0 Å². The number of benzene rings is 2. The number of carbonyl (C=O) groups excluding carboxylic acids is 2. The number of sulfonamides is 1. The molecule has 0 unspecified atom stereocenters. The quantitative estimate of drug-likeness (QED) is 0.713. The van der Waals surface area contributed by atoms with Crippen LogP contribution in [0.3, 0.4) is 0 Å². The normalized spacial score (nSPS) is 11.0. The summed E-state index contributed by atoms with van der Waals surface area (Å²) < 4.78 is 39.3. The van der Waals surface area contributed by atoms with Gasteiger partial charge in [-0.05, 0) is 37.4 Å². The van der Waals surface area contributed by atoms with Gasteiger partial charge in [0.05, 0.1) is 17.0 Å². The van der Waals surface area contributed by atoms with Crippen LogP contribution < -0.4 is 15.4 Å². The summed E-state index contributed by atoms with van der Waals surface area (Å²) >= 11 is 0. The smallest absolute Gasteiger partial charge is 0.254 e. The molecule has 0 aliphatic carbocycles. The van der Waals surface area contributed by atoms with E-state index in [9.17, 15) is 22.4 Å². The molecule has 0 aromatic heterocycles. The predicted octanol–water partition coefficient (Wildman–Crippen LogP) is 1.10. The summed E-state index contributed by atoms with van der Waals surface area (Å²) in [5.41, 5.74) is 0.0823. The van der Waals surface area contributed by atoms with Gasteiger partial charge < -0.3 is 10.6 Å². The zero-order chi connectivity index (χ0) is 18.4. The van der Waals surface area contributed by atoms with Crippen LogP contribution in [-0.2, 0) is 14.8 Å². The van der Waals surface area contributed by atoms with Crippen molar-refractivity contribution in [1.82, 2.24) is 10.0 Å². The Morgan fingerprint density at radius 2 is 1.76 bits per heavy atom. The molecule has 0 heterocycles. The van der Waals surface area contributed by atoms with Crippen LogP contribution in [0, 0.1) is 5.82 Å². The van der Waals surface area contributed by atoms with E-state index in [4.69, 9.17) is 0 Å². The molecule has 0 radical (unpaired) electrons. The zero-order valence-corrected chi connectivity index (χ0v) is 14.1. The summed E-state index contributed by atoms with van der Waals surface area (Å²) in [4.78, 5) is 23.6. The van der Waals surface area contributed by atoms with Crippen LogP contribution in [0.2, 0.25) is 0 Å². The van der Waals surface area contributed by atoms with Gasteiger partial charge in [-0.2, -0.15) is 0 Å². The van der Waals surface area contributed by atoms with Gasteiger partial charge in [-0.15, -0.1) is 0 Å². The second-order valence-corrected chi connectivity index (χ2v) is 6.83. The fraction of sp³-hybridized carbons (Fsp3) is 0.125. The number of nitrogens with one attached hydrogen (secondary N) is 3. The maximum atomic E-state index is 13.8. The van der Waals surface area contributed by atoms with Crippen molar-refractivity contribution >= 4 is 27.5 Å². The van der Waals surface area contributed by atoms with Gasteiger partial charge in [0.2, 0.25) is 15.9 Å². The van der Waals surface area contributed by atoms with E-state index in [2.05, 4.69) is 15.4 Å². The van der Waals surface area contributed by atoms with Crippen LogP contribution in [-0.4, -0.2) is 33.8 Å². The van der Waals surface area contributed by atoms with Gasteiger partial charge in [0.1, 0.15) is 5.82 Å². The highest BCUT2D eigenvalue weighted by molar-refractivity contribution is 7.89. The maximum Gasteiger partial charge on any atom is 0.254 e. The van der Waals surface area contributed by atoms with Gasteiger partial charge in [-0.25, -0.2) is 17.5 Å². The Labute approximate surface area is 144 Å². The lowest BCUT2D eigenvalue weighted by Crippen LogP contribution is -2.33. The summed E-state index contributed by atoms with van der Waals surface area (Å²) in [5, 5.41) is 4.81. The molecule has 2 amide bonds. The number of hydrogen-bond acceptors (Lipinski definition) is 4. The van der Waals surface area contributed by atoms with Crippen LogP contribution >= 0.6 is 0 Å². The number of halogens is 1. The maximum absolute atomic E-state index is 13.8. The monoisotopic (exact) mass is 365 g/mol. The molecule has 2 rings (SSSR count). The van der Waals surface area contributed by atoms with E-state index >= 15 is 0 Å². The highest BCUT2D eigenvalue weighted by Gasteiger charge is 2.18. The number of amides is 2. The first kappa shape index (κ1) is 18.6. The fourth-order valence-corrected chi connectivity index (χ4v) is 2.70. The fourth-order valence-electron chi connectivity index (χ4n) is 1.95. The van der Waals surface area contributed by atoms with Crippen molar-refractivity contribution in [2.45, 2.75) is 4.90 Å². The summed E-state index contributed by atoms with van der Waals surface area (Å²) in [6.45, 7) is -0.393. The highest BCUT2D eigenvalue weighted by atomic mass is 32.2. The Bertz CT molecular complexity index is 886. The lowest BCUT2D eigenvalue weighted by molar-refractivity contribution is -0.115. The Morgan fingerprint density at radius 1 is 1.08 bits per heavy atom. The number of anilines is 1. The minimum atomic E-state index is -3.82. The molecule has 25 heavy (non-hydrogen) atoms. The molecule has 0 saturated heterocycles. The predicted molar refractivity (Wildman–Crippen MR) is 90.1 cm³/mol. The number of para-hydroxylation sites is 1. The molecular formula is C16H16FN3O4S. The molecule has 0 atom stereocenters. The molecular weight excluding hydrogens is 349 g/mol. The lowest BCUT2D eigenvalue weighted by Gasteiger charge is -2.09. The molecule has 132 valence electrons. The minimum absolute atomic E-state index is 0.254. The summed E-state index contributed by atoms with van der Waals surface area (Å²) in [6.07, 6.45) is 0. The standard InChI is InChI=1S/C16H16FN3O4S/c1-18-25(23,24)12-7-8-14(17)13(9-12)16(22)19-10-15(21)20-11-5-3-2-4-6-11/h2-9,18H,10H2,1H3,(H,19,22)(H,20,21). The third-order valence-electron chi connectivity index (χ3n) is 3.23. The van der Waals surface area contributed by atoms with Crippen molar-refractivity contribution < 1.29 is 22.4 Å². The lowest BCUT2D eigenvalue weighted by atomic mass is 10.2.